The second-order valence-electron chi connectivity index (χ2n) is 3.36. The van der Waals surface area contributed by atoms with E-state index in [1.165, 1.54) is 6.92 Å². The van der Waals surface area contributed by atoms with E-state index in [4.69, 9.17) is 27.4 Å². The number of allylic oxidation sites excluding steroid dienone is 2. The SMILES string of the molecule is Cc1c(F)cc(Cl)c(NC(C#N)=C(C#N)C#N)c1Br. The number of halogens is 3. The van der Waals surface area contributed by atoms with Crippen molar-refractivity contribution >= 4 is 33.2 Å². The van der Waals surface area contributed by atoms with Crippen molar-refractivity contribution < 1.29 is 4.39 Å². The molecule has 0 fully saturated rings. The molecular formula is C12H5BrClFN4. The van der Waals surface area contributed by atoms with Crippen molar-refractivity contribution in [3.63, 3.8) is 0 Å². The van der Waals surface area contributed by atoms with E-state index in [1.54, 1.807) is 18.2 Å². The minimum atomic E-state index is -0.509. The van der Waals surface area contributed by atoms with Gasteiger partial charge in [0.1, 0.15) is 29.7 Å². The van der Waals surface area contributed by atoms with Gasteiger partial charge in [-0.2, -0.15) is 15.8 Å². The summed E-state index contributed by atoms with van der Waals surface area (Å²) in [5.41, 5.74) is -0.120. The minimum Gasteiger partial charge on any atom is -0.343 e. The summed E-state index contributed by atoms with van der Waals surface area (Å²) < 4.78 is 13.7. The molecule has 1 rings (SSSR count). The Labute approximate surface area is 122 Å². The van der Waals surface area contributed by atoms with Gasteiger partial charge in [0.2, 0.25) is 0 Å². The Morgan fingerprint density at radius 2 is 1.89 bits per heavy atom. The summed E-state index contributed by atoms with van der Waals surface area (Å²) in [5.74, 6) is -0.509. The van der Waals surface area contributed by atoms with Crippen molar-refractivity contribution in [1.29, 1.82) is 15.8 Å². The highest BCUT2D eigenvalue weighted by Crippen LogP contribution is 2.36. The highest BCUT2D eigenvalue weighted by Gasteiger charge is 2.15. The summed E-state index contributed by atoms with van der Waals surface area (Å²) in [6.45, 7) is 1.52. The Balaban J connectivity index is 3.41. The maximum Gasteiger partial charge on any atom is 0.163 e. The van der Waals surface area contributed by atoms with E-state index in [0.29, 0.717) is 10.0 Å². The van der Waals surface area contributed by atoms with E-state index < -0.39 is 5.82 Å². The molecule has 19 heavy (non-hydrogen) atoms. The second-order valence-corrected chi connectivity index (χ2v) is 4.56. The molecule has 1 N–H and O–H groups in total. The van der Waals surface area contributed by atoms with Gasteiger partial charge in [-0.3, -0.25) is 0 Å². The molecule has 0 saturated carbocycles. The van der Waals surface area contributed by atoms with Crippen molar-refractivity contribution in [2.24, 2.45) is 0 Å². The minimum absolute atomic E-state index is 0.0259. The predicted octanol–water partition coefficient (Wildman–Crippen LogP) is 3.79. The fraction of sp³-hybridized carbons (Fsp3) is 0.0833. The Bertz CT molecular complexity index is 676. The monoisotopic (exact) mass is 338 g/mol. The van der Waals surface area contributed by atoms with Crippen LogP contribution >= 0.6 is 27.5 Å². The lowest BCUT2D eigenvalue weighted by atomic mass is 10.2. The van der Waals surface area contributed by atoms with Crippen molar-refractivity contribution in [2.75, 3.05) is 5.32 Å². The van der Waals surface area contributed by atoms with E-state index in [0.717, 1.165) is 6.07 Å². The van der Waals surface area contributed by atoms with Crippen molar-refractivity contribution in [2.45, 2.75) is 6.92 Å². The van der Waals surface area contributed by atoms with Crippen LogP contribution in [0.4, 0.5) is 10.1 Å². The number of rotatable bonds is 2. The van der Waals surface area contributed by atoms with Crippen LogP contribution in [0.2, 0.25) is 5.02 Å². The third-order valence-corrected chi connectivity index (χ3v) is 3.52. The van der Waals surface area contributed by atoms with Crippen LogP contribution in [0.25, 0.3) is 0 Å². The van der Waals surface area contributed by atoms with Crippen LogP contribution in [0.15, 0.2) is 21.8 Å². The van der Waals surface area contributed by atoms with Gasteiger partial charge in [0.05, 0.1) is 10.7 Å². The molecule has 0 radical (unpaired) electrons. The van der Waals surface area contributed by atoms with E-state index in [-0.39, 0.29) is 22.0 Å². The molecule has 0 unspecified atom stereocenters. The highest BCUT2D eigenvalue weighted by molar-refractivity contribution is 9.10. The molecule has 4 nitrogen and oxygen atoms in total. The first-order valence-electron chi connectivity index (χ1n) is 4.82. The second kappa shape index (κ2) is 6.20. The van der Waals surface area contributed by atoms with Crippen LogP contribution in [0.5, 0.6) is 0 Å². The van der Waals surface area contributed by atoms with Crippen LogP contribution in [-0.4, -0.2) is 0 Å². The number of nitrogens with zero attached hydrogens (tertiary/aromatic N) is 3. The normalized spacial score (nSPS) is 8.89. The lowest BCUT2D eigenvalue weighted by Gasteiger charge is -2.12. The number of nitrogens with one attached hydrogen (secondary N) is 1. The van der Waals surface area contributed by atoms with Gasteiger partial charge in [0.25, 0.3) is 0 Å². The summed E-state index contributed by atoms with van der Waals surface area (Å²) in [6.07, 6.45) is 0. The third-order valence-electron chi connectivity index (χ3n) is 2.23. The summed E-state index contributed by atoms with van der Waals surface area (Å²) in [4.78, 5) is 0. The van der Waals surface area contributed by atoms with Gasteiger partial charge in [-0.05, 0) is 28.9 Å². The Kier molecular flexibility index (Phi) is 4.89. The van der Waals surface area contributed by atoms with E-state index in [9.17, 15) is 4.39 Å². The molecule has 0 heterocycles. The van der Waals surface area contributed by atoms with Crippen molar-refractivity contribution in [3.8, 4) is 18.2 Å². The van der Waals surface area contributed by atoms with Crippen LogP contribution in [0.3, 0.4) is 0 Å². The first kappa shape index (κ1) is 15.0. The predicted molar refractivity (Wildman–Crippen MR) is 71.3 cm³/mol. The summed E-state index contributed by atoms with van der Waals surface area (Å²) in [6, 6.07) is 5.95. The van der Waals surface area contributed by atoms with Gasteiger partial charge >= 0.3 is 0 Å². The molecule has 0 aliphatic carbocycles. The summed E-state index contributed by atoms with van der Waals surface area (Å²) in [7, 11) is 0. The molecule has 1 aromatic rings. The van der Waals surface area contributed by atoms with Crippen LogP contribution in [-0.2, 0) is 0 Å². The maximum absolute atomic E-state index is 13.4. The smallest absolute Gasteiger partial charge is 0.163 e. The average molecular weight is 340 g/mol. The molecule has 0 bridgehead atoms. The maximum atomic E-state index is 13.4. The lowest BCUT2D eigenvalue weighted by Crippen LogP contribution is -2.03. The Morgan fingerprint density at radius 1 is 1.32 bits per heavy atom. The zero-order valence-electron chi connectivity index (χ0n) is 9.55. The zero-order valence-corrected chi connectivity index (χ0v) is 11.9. The Hall–Kier alpha value is -2.07. The van der Waals surface area contributed by atoms with E-state index >= 15 is 0 Å². The van der Waals surface area contributed by atoms with Crippen LogP contribution < -0.4 is 5.32 Å². The number of hydrogen-bond donors (Lipinski definition) is 1. The number of hydrogen-bond acceptors (Lipinski definition) is 4. The van der Waals surface area contributed by atoms with Gasteiger partial charge in [0, 0.05) is 10.0 Å². The standard InChI is InChI=1S/C12H5BrClFN4/c1-6-9(15)2-8(14)12(11(6)13)19-10(5-18)7(3-16)4-17/h2,19H,1H3. The van der Waals surface area contributed by atoms with Crippen molar-refractivity contribution in [1.82, 2.24) is 0 Å². The van der Waals surface area contributed by atoms with Crippen molar-refractivity contribution in [3.05, 3.63) is 38.2 Å². The highest BCUT2D eigenvalue weighted by atomic mass is 79.9. The van der Waals surface area contributed by atoms with Gasteiger partial charge in [-0.15, -0.1) is 0 Å². The molecule has 0 aliphatic heterocycles. The molecule has 0 aliphatic rings. The number of anilines is 1. The quantitative estimate of drug-likeness (QED) is 0.831. The van der Waals surface area contributed by atoms with E-state index in [2.05, 4.69) is 21.2 Å². The zero-order chi connectivity index (χ0) is 14.6. The summed E-state index contributed by atoms with van der Waals surface area (Å²) in [5, 5.41) is 28.9. The van der Waals surface area contributed by atoms with Gasteiger partial charge in [-0.25, -0.2) is 4.39 Å². The van der Waals surface area contributed by atoms with Crippen LogP contribution in [0, 0.1) is 46.7 Å². The molecule has 0 saturated heterocycles. The van der Waals surface area contributed by atoms with Crippen LogP contribution in [0.1, 0.15) is 5.56 Å². The topological polar surface area (TPSA) is 83.4 Å². The van der Waals surface area contributed by atoms with Gasteiger partial charge in [0.15, 0.2) is 5.57 Å². The van der Waals surface area contributed by atoms with Gasteiger partial charge in [-0.1, -0.05) is 11.6 Å². The lowest BCUT2D eigenvalue weighted by molar-refractivity contribution is 0.617. The Morgan fingerprint density at radius 3 is 2.37 bits per heavy atom. The molecular weight excluding hydrogens is 335 g/mol. The number of benzene rings is 1. The molecule has 0 aromatic heterocycles. The van der Waals surface area contributed by atoms with Gasteiger partial charge < -0.3 is 5.32 Å². The molecule has 94 valence electrons. The molecule has 0 spiro atoms. The molecule has 1 aromatic carbocycles. The summed E-state index contributed by atoms with van der Waals surface area (Å²) >= 11 is 9.02. The average Bonchev–Trinajstić information content (AvgIpc) is 2.40. The fourth-order valence-corrected chi connectivity index (χ4v) is 2.07. The molecule has 7 heteroatoms. The largest absolute Gasteiger partial charge is 0.343 e. The molecule has 0 atom stereocenters. The third kappa shape index (κ3) is 3.03. The first-order valence-corrected chi connectivity index (χ1v) is 5.99. The van der Waals surface area contributed by atoms with E-state index in [1.807, 2.05) is 0 Å². The fourth-order valence-electron chi connectivity index (χ4n) is 1.21. The number of nitriles is 3. The molecule has 0 amide bonds. The first-order chi connectivity index (χ1) is 8.96.